The fourth-order valence-corrected chi connectivity index (χ4v) is 6.78. The molecule has 5 heterocycles. The number of nitrogens with zero attached hydrogens (tertiary/aromatic N) is 13. The Morgan fingerprint density at radius 1 is 0.803 bits per heavy atom. The van der Waals surface area contributed by atoms with Gasteiger partial charge in [0, 0.05) is 84.1 Å². The van der Waals surface area contributed by atoms with Crippen LogP contribution in [0.3, 0.4) is 0 Å². The van der Waals surface area contributed by atoms with Gasteiger partial charge in [0.2, 0.25) is 29.7 Å². The van der Waals surface area contributed by atoms with Crippen molar-refractivity contribution in [2.24, 2.45) is 5.73 Å². The first-order valence-electron chi connectivity index (χ1n) is 20.7. The van der Waals surface area contributed by atoms with E-state index in [2.05, 4.69) is 31.9 Å². The number of nitrogens with two attached hydrogens (primary N) is 1. The highest BCUT2D eigenvalue weighted by atomic mass is 35.5. The summed E-state index contributed by atoms with van der Waals surface area (Å²) < 4.78 is 19.5. The molecule has 0 saturated carbocycles. The molecule has 338 valence electrons. The number of aliphatic hydroxyl groups is 2. The molecule has 0 aromatic carbocycles. The summed E-state index contributed by atoms with van der Waals surface area (Å²) in [5.74, 6) is 3.63. The highest BCUT2D eigenvalue weighted by Gasteiger charge is 2.31. The third-order valence-corrected chi connectivity index (χ3v) is 9.85. The van der Waals surface area contributed by atoms with Crippen molar-refractivity contribution in [1.82, 2.24) is 54.7 Å². The molecule has 3 atom stereocenters. The van der Waals surface area contributed by atoms with Gasteiger partial charge in [-0.05, 0) is 39.7 Å². The van der Waals surface area contributed by atoms with Crippen LogP contribution < -0.4 is 20.9 Å². The maximum Gasteiger partial charge on any atom is 0.247 e. The minimum Gasteiger partial charge on any atom is -0.393 e. The third-order valence-electron chi connectivity index (χ3n) is 9.85. The number of anilines is 3. The minimum atomic E-state index is -0.571. The normalized spacial score (nSPS) is 15.9. The Labute approximate surface area is 362 Å². The topological polar surface area (TPSA) is 253 Å². The predicted octanol–water partition coefficient (Wildman–Crippen LogP) is -1.21. The van der Waals surface area contributed by atoms with Crippen LogP contribution in [0.15, 0.2) is 12.4 Å². The van der Waals surface area contributed by atoms with Gasteiger partial charge in [-0.3, -0.25) is 9.59 Å². The molecule has 2 aliphatic rings. The largest absolute Gasteiger partial charge is 0.393 e. The number of nitrogens with one attached hydrogen (secondary N) is 1. The van der Waals surface area contributed by atoms with E-state index in [1.54, 1.807) is 35.8 Å². The molecule has 61 heavy (non-hydrogen) atoms. The van der Waals surface area contributed by atoms with Gasteiger partial charge < -0.3 is 55.1 Å². The fourth-order valence-electron chi connectivity index (χ4n) is 6.78. The van der Waals surface area contributed by atoms with E-state index in [4.69, 9.17) is 41.3 Å². The van der Waals surface area contributed by atoms with Gasteiger partial charge in [-0.15, -0.1) is 29.0 Å². The van der Waals surface area contributed by atoms with E-state index in [0.29, 0.717) is 147 Å². The Kier molecular flexibility index (Phi) is 20.7. The lowest BCUT2D eigenvalue weighted by Crippen LogP contribution is -2.51. The van der Waals surface area contributed by atoms with Crippen molar-refractivity contribution < 1.29 is 34.0 Å². The van der Waals surface area contributed by atoms with Gasteiger partial charge in [-0.1, -0.05) is 16.3 Å². The number of piperazine rings is 2. The van der Waals surface area contributed by atoms with Gasteiger partial charge in [0.1, 0.15) is 19.2 Å². The number of rotatable bonds is 25. The number of unbranched alkanes of at least 4 members (excludes halogenated alkanes) is 1. The first-order chi connectivity index (χ1) is 29.1. The molecule has 2 saturated heterocycles. The van der Waals surface area contributed by atoms with Crippen molar-refractivity contribution in [3.05, 3.63) is 23.8 Å². The van der Waals surface area contributed by atoms with Crippen LogP contribution in [0.5, 0.6) is 0 Å². The summed E-state index contributed by atoms with van der Waals surface area (Å²) in [6, 6.07) is -0.533. The summed E-state index contributed by atoms with van der Waals surface area (Å²) in [5, 5.41) is 39.3. The number of aromatic nitrogens is 9. The zero-order valence-electron chi connectivity index (χ0n) is 35.3. The third kappa shape index (κ3) is 15.9. The van der Waals surface area contributed by atoms with Gasteiger partial charge >= 0.3 is 0 Å². The molecule has 2 amide bonds. The van der Waals surface area contributed by atoms with Crippen LogP contribution in [0.25, 0.3) is 0 Å². The van der Waals surface area contributed by atoms with Crippen molar-refractivity contribution in [2.45, 2.75) is 70.7 Å². The average molecular weight is 876 g/mol. The van der Waals surface area contributed by atoms with E-state index in [-0.39, 0.29) is 37.4 Å². The Balaban J connectivity index is 0.00000819. The van der Waals surface area contributed by atoms with Gasteiger partial charge in [-0.2, -0.15) is 15.0 Å². The van der Waals surface area contributed by atoms with Crippen molar-refractivity contribution >= 4 is 42.1 Å². The number of carbonyl (C=O) groups excluding carboxylic acids is 2. The van der Waals surface area contributed by atoms with Crippen molar-refractivity contribution in [3.63, 3.8) is 0 Å². The van der Waals surface area contributed by atoms with Crippen LogP contribution in [-0.2, 0) is 43.2 Å². The number of ether oxygens (including phenoxy) is 3. The Morgan fingerprint density at radius 3 is 1.98 bits per heavy atom. The number of terminal acetylenes is 1. The highest BCUT2D eigenvalue weighted by molar-refractivity contribution is 5.85. The molecule has 2 fully saturated rings. The molecule has 0 spiro atoms. The van der Waals surface area contributed by atoms with Crippen LogP contribution in [0.2, 0.25) is 0 Å². The fraction of sp³-hybridized carbons (Fsp3) is 0.711. The molecule has 2 aliphatic heterocycles. The minimum absolute atomic E-state index is 0. The van der Waals surface area contributed by atoms with E-state index in [9.17, 15) is 19.8 Å². The SMILES string of the molecule is C#CCOCCOCCOCCNc1nc(N2CCN(C(=O)Cn3cc(CC(C)O)nn3)CC2)nc(N2CCN(C(=O)[C@H](CCCCN)n3cc(CC(C)O)nn3)CC2)n1.Cl. The van der Waals surface area contributed by atoms with E-state index in [0.717, 1.165) is 12.8 Å². The lowest BCUT2D eigenvalue weighted by atomic mass is 10.1. The van der Waals surface area contributed by atoms with Crippen LogP contribution in [-0.4, -0.2) is 194 Å². The molecule has 5 rings (SSSR count). The Bertz CT molecular complexity index is 1790. The van der Waals surface area contributed by atoms with Crippen LogP contribution in [0, 0.1) is 12.3 Å². The monoisotopic (exact) mass is 875 g/mol. The molecular weight excluding hydrogens is 814 g/mol. The lowest BCUT2D eigenvalue weighted by molar-refractivity contribution is -0.135. The molecule has 23 heteroatoms. The maximum atomic E-state index is 14.0. The molecule has 22 nitrogen and oxygen atoms in total. The Morgan fingerprint density at radius 2 is 1.38 bits per heavy atom. The number of carbonyl (C=O) groups is 2. The number of aliphatic hydroxyl groups excluding tert-OH is 2. The molecule has 2 unspecified atom stereocenters. The molecule has 0 aliphatic carbocycles. The lowest BCUT2D eigenvalue weighted by Gasteiger charge is -2.37. The van der Waals surface area contributed by atoms with Crippen LogP contribution >= 0.6 is 12.4 Å². The quantitative estimate of drug-likeness (QED) is 0.0575. The zero-order chi connectivity index (χ0) is 42.7. The standard InChI is InChI=1S/C38H61N15O7.ClH/c1-4-18-58-20-22-60-23-21-59-19-9-40-36-41-37(50-14-10-48(11-15-50)34(56)28-52-26-31(44-46-52)24-29(2)54)43-38(42-36)51-16-12-49(13-17-51)35(57)33(7-5-6-8-39)53-27-32(45-47-53)25-30(3)55;/h1,26-27,29-30,33,54-55H,5-25,28,39H2,2-3H3,(H,40,41,42,43);1H/t29?,30?,33-;/m0./s1. The van der Waals surface area contributed by atoms with E-state index < -0.39 is 18.2 Å². The zero-order valence-corrected chi connectivity index (χ0v) is 36.1. The number of amides is 2. The molecule has 3 aromatic heterocycles. The Hall–Kier alpha value is -4.76. The van der Waals surface area contributed by atoms with E-state index >= 15 is 0 Å². The summed E-state index contributed by atoms with van der Waals surface area (Å²) in [6.45, 7) is 10.5. The highest BCUT2D eigenvalue weighted by Crippen LogP contribution is 2.23. The second-order valence-electron chi connectivity index (χ2n) is 14.9. The smallest absolute Gasteiger partial charge is 0.247 e. The predicted molar refractivity (Wildman–Crippen MR) is 227 cm³/mol. The summed E-state index contributed by atoms with van der Waals surface area (Å²) in [4.78, 5) is 49.3. The summed E-state index contributed by atoms with van der Waals surface area (Å²) in [5.41, 5.74) is 7.02. The number of halogens is 1. The van der Waals surface area contributed by atoms with Gasteiger partial charge in [-0.25, -0.2) is 9.36 Å². The van der Waals surface area contributed by atoms with Gasteiger partial charge in [0.25, 0.3) is 0 Å². The molecule has 0 bridgehead atoms. The first kappa shape index (κ1) is 48.9. The number of hydrogen-bond donors (Lipinski definition) is 4. The number of hydrogen-bond acceptors (Lipinski definition) is 18. The first-order valence-corrected chi connectivity index (χ1v) is 20.7. The van der Waals surface area contributed by atoms with Crippen LogP contribution in [0.1, 0.15) is 50.5 Å². The molecular formula is C38H62ClN15O7. The van der Waals surface area contributed by atoms with Crippen LogP contribution in [0.4, 0.5) is 17.8 Å². The average Bonchev–Trinajstić information content (AvgIpc) is 3.89. The van der Waals surface area contributed by atoms with Crippen molar-refractivity contribution in [3.8, 4) is 12.3 Å². The van der Waals surface area contributed by atoms with Crippen molar-refractivity contribution in [1.29, 1.82) is 0 Å². The molecule has 3 aromatic rings. The molecule has 5 N–H and O–H groups in total. The molecule has 0 radical (unpaired) electrons. The van der Waals surface area contributed by atoms with Gasteiger partial charge in [0.05, 0.1) is 56.6 Å². The summed E-state index contributed by atoms with van der Waals surface area (Å²) in [6.07, 6.45) is 10.3. The van der Waals surface area contributed by atoms with Crippen molar-refractivity contribution in [2.75, 3.05) is 120 Å². The van der Waals surface area contributed by atoms with Gasteiger partial charge in [0.15, 0.2) is 0 Å². The second kappa shape index (κ2) is 25.9. The second-order valence-corrected chi connectivity index (χ2v) is 14.9. The van der Waals surface area contributed by atoms with E-state index in [1.807, 2.05) is 14.7 Å². The summed E-state index contributed by atoms with van der Waals surface area (Å²) >= 11 is 0. The maximum absolute atomic E-state index is 14.0. The van der Waals surface area contributed by atoms with E-state index in [1.165, 1.54) is 4.68 Å². The summed E-state index contributed by atoms with van der Waals surface area (Å²) in [7, 11) is 0.